The van der Waals surface area contributed by atoms with Gasteiger partial charge in [0.25, 0.3) is 0 Å². The molecule has 4 N–H and O–H groups in total. The molecule has 2 aliphatic heterocycles. The maximum atomic E-state index is 12.4. The number of carbonyl (C=O) groups is 3. The van der Waals surface area contributed by atoms with Gasteiger partial charge in [-0.1, -0.05) is 12.6 Å². The van der Waals surface area contributed by atoms with E-state index in [9.17, 15) is 19.5 Å². The first-order chi connectivity index (χ1) is 11.6. The first-order valence-electron chi connectivity index (χ1n) is 7.66. The molecule has 134 valence electrons. The number of hydrogen-bond donors (Lipinski definition) is 3. The standard InChI is InChI=1S/C16H19N3O4S2/c1-7(8-5-4-6-24-8)9(17)12(20)18-10-13(21)19-11(15(22)23)16(2,3)25-14(10)19/h4-6,9-11,14H,1,17H2,2-3H3,(H,18,20)(H,22,23)/t9?,10-,11+,14-/m1/s1. The molecular formula is C16H19N3O4S2. The molecule has 2 amide bonds. The molecule has 1 aromatic rings. The van der Waals surface area contributed by atoms with Crippen LogP contribution in [0.3, 0.4) is 0 Å². The Labute approximate surface area is 153 Å². The van der Waals surface area contributed by atoms with Gasteiger partial charge in [0, 0.05) is 9.62 Å². The Hall–Kier alpha value is -1.84. The number of hydrogen-bond acceptors (Lipinski definition) is 6. The highest BCUT2D eigenvalue weighted by molar-refractivity contribution is 8.01. The molecule has 1 unspecified atom stereocenters. The predicted molar refractivity (Wildman–Crippen MR) is 97.0 cm³/mol. The molecule has 7 nitrogen and oxygen atoms in total. The summed E-state index contributed by atoms with van der Waals surface area (Å²) in [6.45, 7) is 7.43. The minimum Gasteiger partial charge on any atom is -0.480 e. The average Bonchev–Trinajstić information content (AvgIpc) is 3.15. The summed E-state index contributed by atoms with van der Waals surface area (Å²) in [5.41, 5.74) is 6.44. The van der Waals surface area contributed by atoms with E-state index in [0.717, 1.165) is 4.88 Å². The van der Waals surface area contributed by atoms with E-state index in [2.05, 4.69) is 11.9 Å². The Morgan fingerprint density at radius 3 is 2.72 bits per heavy atom. The van der Waals surface area contributed by atoms with Gasteiger partial charge in [-0.2, -0.15) is 0 Å². The molecule has 4 atom stereocenters. The topological polar surface area (TPSA) is 113 Å². The first kappa shape index (κ1) is 18.0. The summed E-state index contributed by atoms with van der Waals surface area (Å²) >= 11 is 2.80. The fraction of sp³-hybridized carbons (Fsp3) is 0.438. The number of nitrogens with zero attached hydrogens (tertiary/aromatic N) is 1. The third-order valence-corrected chi connectivity index (χ3v) is 6.99. The fourth-order valence-corrected chi connectivity index (χ4v) is 5.53. The lowest BCUT2D eigenvalue weighted by Gasteiger charge is -2.43. The van der Waals surface area contributed by atoms with Crippen molar-refractivity contribution < 1.29 is 19.5 Å². The molecule has 0 spiro atoms. The largest absolute Gasteiger partial charge is 0.480 e. The van der Waals surface area contributed by atoms with Gasteiger partial charge in [-0.15, -0.1) is 23.1 Å². The second-order valence-corrected chi connectivity index (χ2v) is 9.28. The minimum atomic E-state index is -1.04. The van der Waals surface area contributed by atoms with Crippen molar-refractivity contribution in [3.05, 3.63) is 29.0 Å². The number of aliphatic carboxylic acids is 1. The van der Waals surface area contributed by atoms with Gasteiger partial charge in [-0.3, -0.25) is 9.59 Å². The normalized spacial score (nSPS) is 28.0. The molecule has 0 aliphatic carbocycles. The Bertz CT molecular complexity index is 747. The maximum Gasteiger partial charge on any atom is 0.327 e. The van der Waals surface area contributed by atoms with Gasteiger partial charge in [0.1, 0.15) is 23.5 Å². The number of rotatable bonds is 5. The summed E-state index contributed by atoms with van der Waals surface area (Å²) < 4.78 is -0.631. The second-order valence-electron chi connectivity index (χ2n) is 6.56. The van der Waals surface area contributed by atoms with Gasteiger partial charge in [-0.05, 0) is 30.9 Å². The summed E-state index contributed by atoms with van der Waals surface area (Å²) in [6, 6.07) is 1.03. The molecule has 0 saturated carbocycles. The summed E-state index contributed by atoms with van der Waals surface area (Å²) in [7, 11) is 0. The maximum absolute atomic E-state index is 12.4. The smallest absolute Gasteiger partial charge is 0.327 e. The van der Waals surface area contributed by atoms with Crippen LogP contribution in [0.1, 0.15) is 18.7 Å². The number of carbonyl (C=O) groups excluding carboxylic acids is 2. The predicted octanol–water partition coefficient (Wildman–Crippen LogP) is 0.720. The second kappa shape index (κ2) is 6.15. The highest BCUT2D eigenvalue weighted by atomic mass is 32.2. The molecule has 25 heavy (non-hydrogen) atoms. The molecule has 0 aromatic carbocycles. The number of fused-ring (bicyclic) bond motifs is 1. The van der Waals surface area contributed by atoms with Crippen LogP contribution < -0.4 is 11.1 Å². The first-order valence-corrected chi connectivity index (χ1v) is 9.42. The SMILES string of the molecule is C=C(c1cccs1)C(N)C(=O)N[C@@H]1C(=O)N2[C@@H]1SC(C)(C)[C@@H]2C(=O)O. The van der Waals surface area contributed by atoms with Crippen LogP contribution in [-0.4, -0.2) is 56.0 Å². The molecule has 9 heteroatoms. The van der Waals surface area contributed by atoms with E-state index in [0.29, 0.717) is 5.57 Å². The fourth-order valence-electron chi connectivity index (χ4n) is 3.16. The molecule has 0 bridgehead atoms. The number of carboxylic acids is 1. The van der Waals surface area contributed by atoms with E-state index < -0.39 is 46.0 Å². The van der Waals surface area contributed by atoms with Crippen molar-refractivity contribution in [1.82, 2.24) is 10.2 Å². The number of thioether (sulfide) groups is 1. The zero-order valence-electron chi connectivity index (χ0n) is 13.8. The van der Waals surface area contributed by atoms with Crippen LogP contribution in [-0.2, 0) is 14.4 Å². The van der Waals surface area contributed by atoms with Crippen LogP contribution in [0.25, 0.3) is 5.57 Å². The Morgan fingerprint density at radius 2 is 2.16 bits per heavy atom. The highest BCUT2D eigenvalue weighted by Crippen LogP contribution is 2.50. The zero-order valence-corrected chi connectivity index (χ0v) is 15.4. The monoisotopic (exact) mass is 381 g/mol. The van der Waals surface area contributed by atoms with Crippen molar-refractivity contribution in [2.24, 2.45) is 5.73 Å². The van der Waals surface area contributed by atoms with E-state index in [4.69, 9.17) is 5.73 Å². The van der Waals surface area contributed by atoms with Crippen molar-refractivity contribution in [2.75, 3.05) is 0 Å². The number of nitrogens with two attached hydrogens (primary N) is 1. The quantitative estimate of drug-likeness (QED) is 0.648. The molecular weight excluding hydrogens is 362 g/mol. The lowest BCUT2D eigenvalue weighted by atomic mass is 9.95. The van der Waals surface area contributed by atoms with Gasteiger partial charge in [0.15, 0.2) is 0 Å². The van der Waals surface area contributed by atoms with Crippen LogP contribution in [0.2, 0.25) is 0 Å². The highest BCUT2D eigenvalue weighted by Gasteiger charge is 2.64. The average molecular weight is 381 g/mol. The van der Waals surface area contributed by atoms with Crippen LogP contribution in [0.4, 0.5) is 0 Å². The summed E-state index contributed by atoms with van der Waals surface area (Å²) in [5.74, 6) is -1.92. The van der Waals surface area contributed by atoms with Crippen molar-refractivity contribution in [2.45, 2.75) is 42.1 Å². The summed E-state index contributed by atoms with van der Waals surface area (Å²) in [5, 5.41) is 13.5. The van der Waals surface area contributed by atoms with Crippen LogP contribution in [0.5, 0.6) is 0 Å². The van der Waals surface area contributed by atoms with Crippen molar-refractivity contribution in [1.29, 1.82) is 0 Å². The number of carboxylic acid groups (broad SMARTS) is 1. The van der Waals surface area contributed by atoms with Crippen molar-refractivity contribution >= 4 is 46.5 Å². The van der Waals surface area contributed by atoms with Gasteiger partial charge >= 0.3 is 5.97 Å². The van der Waals surface area contributed by atoms with Gasteiger partial charge in [-0.25, -0.2) is 4.79 Å². The molecule has 2 fully saturated rings. The van der Waals surface area contributed by atoms with Gasteiger partial charge in [0.2, 0.25) is 11.8 Å². The van der Waals surface area contributed by atoms with Crippen molar-refractivity contribution in [3.63, 3.8) is 0 Å². The number of amides is 2. The molecule has 3 heterocycles. The van der Waals surface area contributed by atoms with Crippen molar-refractivity contribution in [3.8, 4) is 0 Å². The molecule has 2 aliphatic rings. The zero-order chi connectivity index (χ0) is 18.5. The lowest BCUT2D eigenvalue weighted by Crippen LogP contribution is -2.71. The summed E-state index contributed by atoms with van der Waals surface area (Å²) in [4.78, 5) is 38.4. The van der Waals surface area contributed by atoms with E-state index >= 15 is 0 Å². The lowest BCUT2D eigenvalue weighted by molar-refractivity contribution is -0.161. The van der Waals surface area contributed by atoms with Crippen LogP contribution >= 0.6 is 23.1 Å². The van der Waals surface area contributed by atoms with E-state index in [1.165, 1.54) is 28.0 Å². The molecule has 3 rings (SSSR count). The van der Waals surface area contributed by atoms with Crippen LogP contribution in [0, 0.1) is 0 Å². The third-order valence-electron chi connectivity index (χ3n) is 4.47. The number of β-lactam (4-membered cyclic amide) rings is 1. The number of thiophene rings is 1. The number of nitrogens with one attached hydrogen (secondary N) is 1. The minimum absolute atomic E-state index is 0.391. The third kappa shape index (κ3) is 2.86. The van der Waals surface area contributed by atoms with Crippen LogP contribution in [0.15, 0.2) is 24.1 Å². The molecule has 0 radical (unpaired) electrons. The van der Waals surface area contributed by atoms with Gasteiger partial charge < -0.3 is 21.1 Å². The molecule has 1 aromatic heterocycles. The molecule has 2 saturated heterocycles. The Morgan fingerprint density at radius 1 is 1.48 bits per heavy atom. The Balaban J connectivity index is 1.69. The van der Waals surface area contributed by atoms with Gasteiger partial charge in [0.05, 0.1) is 0 Å². The van der Waals surface area contributed by atoms with E-state index in [1.807, 2.05) is 17.5 Å². The Kier molecular flexibility index (Phi) is 4.42. The van der Waals surface area contributed by atoms with E-state index in [-0.39, 0.29) is 0 Å². The summed E-state index contributed by atoms with van der Waals surface area (Å²) in [6.07, 6.45) is 0. The van der Waals surface area contributed by atoms with E-state index in [1.54, 1.807) is 13.8 Å².